The van der Waals surface area contributed by atoms with Crippen LogP contribution in [0.25, 0.3) is 0 Å². The number of nitrogens with one attached hydrogen (secondary N) is 1. The summed E-state index contributed by atoms with van der Waals surface area (Å²) < 4.78 is 13.9. The van der Waals surface area contributed by atoms with Crippen LogP contribution in [0.5, 0.6) is 0 Å². The monoisotopic (exact) mass is 225 g/mol. The van der Waals surface area contributed by atoms with Gasteiger partial charge in [0.05, 0.1) is 30.2 Å². The number of rotatable bonds is 5. The van der Waals surface area contributed by atoms with Crippen LogP contribution in [0.3, 0.4) is 0 Å². The van der Waals surface area contributed by atoms with Crippen LogP contribution in [0.1, 0.15) is 31.5 Å². The van der Waals surface area contributed by atoms with Gasteiger partial charge in [0.1, 0.15) is 11.8 Å². The topological polar surface area (TPSA) is 47.0 Å². The molecule has 0 aromatic carbocycles. The molecule has 1 aromatic rings. The van der Waals surface area contributed by atoms with Crippen LogP contribution in [-0.4, -0.2) is 21.9 Å². The van der Waals surface area contributed by atoms with Crippen molar-refractivity contribution in [3.8, 4) is 0 Å². The van der Waals surface area contributed by atoms with Gasteiger partial charge in [-0.3, -0.25) is 0 Å². The predicted octanol–water partition coefficient (Wildman–Crippen LogP) is 1.88. The van der Waals surface area contributed by atoms with Crippen LogP contribution in [0.2, 0.25) is 0 Å². The molecule has 1 N–H and O–H groups in total. The second kappa shape index (κ2) is 5.23. The second-order valence-corrected chi connectivity index (χ2v) is 4.02. The molecule has 0 amide bonds. The van der Waals surface area contributed by atoms with Crippen LogP contribution in [-0.2, 0) is 4.74 Å². The van der Waals surface area contributed by atoms with E-state index >= 15 is 0 Å². The second-order valence-electron chi connectivity index (χ2n) is 3.46. The fourth-order valence-corrected chi connectivity index (χ4v) is 2.03. The van der Waals surface area contributed by atoms with E-state index in [1.54, 1.807) is 6.20 Å². The number of nitrogens with zero attached hydrogens (tertiary/aromatic N) is 2. The Labute approximate surface area is 93.7 Å². The molecule has 15 heavy (non-hydrogen) atoms. The summed E-state index contributed by atoms with van der Waals surface area (Å²) in [5, 5.41) is 3.42. The number of hydrogen-bond donors (Lipinski definition) is 1. The van der Waals surface area contributed by atoms with Crippen LogP contribution < -0.4 is 5.32 Å². The van der Waals surface area contributed by atoms with Gasteiger partial charge in [-0.05, 0) is 19.0 Å². The fraction of sp³-hybridized carbons (Fsp3) is 0.600. The van der Waals surface area contributed by atoms with E-state index in [9.17, 15) is 0 Å². The Kier molecular flexibility index (Phi) is 3.69. The molecule has 82 valence electrons. The van der Waals surface area contributed by atoms with E-state index in [0.29, 0.717) is 0 Å². The number of ether oxygens (including phenoxy) is 1. The van der Waals surface area contributed by atoms with E-state index < -0.39 is 0 Å². The summed E-state index contributed by atoms with van der Waals surface area (Å²) in [5.74, 6) is 0.996. The zero-order valence-corrected chi connectivity index (χ0v) is 9.59. The average Bonchev–Trinajstić information content (AvgIpc) is 2.90. The lowest BCUT2D eigenvalue weighted by atomic mass is 10.1. The SMILES string of the molecule is CCCNC(C1=CCCO1)c1cnsn1. The minimum absolute atomic E-state index is 0.0891. The Morgan fingerprint density at radius 3 is 3.20 bits per heavy atom. The zero-order chi connectivity index (χ0) is 10.5. The van der Waals surface area contributed by atoms with Crippen molar-refractivity contribution >= 4 is 11.7 Å². The van der Waals surface area contributed by atoms with Crippen molar-refractivity contribution in [1.29, 1.82) is 0 Å². The highest BCUT2D eigenvalue weighted by Crippen LogP contribution is 2.25. The first kappa shape index (κ1) is 10.6. The van der Waals surface area contributed by atoms with Crippen molar-refractivity contribution < 1.29 is 4.74 Å². The molecular weight excluding hydrogens is 210 g/mol. The first-order chi connectivity index (χ1) is 7.42. The van der Waals surface area contributed by atoms with E-state index in [-0.39, 0.29) is 6.04 Å². The Balaban J connectivity index is 2.09. The standard InChI is InChI=1S/C10H15N3OS/c1-2-5-11-10(8-7-12-15-13-8)9-4-3-6-14-9/h4,7,10-11H,2-3,5-6H2,1H3. The summed E-state index contributed by atoms with van der Waals surface area (Å²) >= 11 is 1.24. The third kappa shape index (κ3) is 2.54. The van der Waals surface area contributed by atoms with Gasteiger partial charge >= 0.3 is 0 Å². The number of aromatic nitrogens is 2. The van der Waals surface area contributed by atoms with Gasteiger partial charge in [-0.1, -0.05) is 6.92 Å². The van der Waals surface area contributed by atoms with Crippen molar-refractivity contribution in [2.24, 2.45) is 0 Å². The van der Waals surface area contributed by atoms with Gasteiger partial charge in [0, 0.05) is 6.42 Å². The average molecular weight is 225 g/mol. The van der Waals surface area contributed by atoms with Gasteiger partial charge in [-0.2, -0.15) is 8.75 Å². The van der Waals surface area contributed by atoms with E-state index in [1.165, 1.54) is 11.7 Å². The molecule has 0 bridgehead atoms. The third-order valence-corrected chi connectivity index (χ3v) is 2.78. The molecule has 1 aliphatic rings. The maximum Gasteiger partial charge on any atom is 0.115 e. The van der Waals surface area contributed by atoms with Crippen molar-refractivity contribution in [1.82, 2.24) is 14.1 Å². The van der Waals surface area contributed by atoms with Gasteiger partial charge in [0.15, 0.2) is 0 Å². The molecule has 0 fully saturated rings. The minimum atomic E-state index is 0.0891. The van der Waals surface area contributed by atoms with E-state index in [1.807, 2.05) is 0 Å². The molecule has 0 aliphatic carbocycles. The first-order valence-electron chi connectivity index (χ1n) is 5.25. The summed E-state index contributed by atoms with van der Waals surface area (Å²) in [6.07, 6.45) is 6.03. The predicted molar refractivity (Wildman–Crippen MR) is 59.6 cm³/mol. The molecule has 1 aliphatic heterocycles. The Hall–Kier alpha value is -0.940. The van der Waals surface area contributed by atoms with Crippen LogP contribution in [0.4, 0.5) is 0 Å². The van der Waals surface area contributed by atoms with Crippen LogP contribution in [0.15, 0.2) is 18.0 Å². The van der Waals surface area contributed by atoms with Gasteiger partial charge in [0.2, 0.25) is 0 Å². The van der Waals surface area contributed by atoms with E-state index in [4.69, 9.17) is 4.74 Å². The molecule has 0 radical (unpaired) electrons. The van der Waals surface area contributed by atoms with E-state index in [2.05, 4.69) is 27.1 Å². The van der Waals surface area contributed by atoms with Gasteiger partial charge in [-0.15, -0.1) is 0 Å². The summed E-state index contributed by atoms with van der Waals surface area (Å²) in [6, 6.07) is 0.0891. The van der Waals surface area contributed by atoms with Gasteiger partial charge in [0.25, 0.3) is 0 Å². The highest BCUT2D eigenvalue weighted by molar-refractivity contribution is 6.99. The molecule has 4 nitrogen and oxygen atoms in total. The van der Waals surface area contributed by atoms with E-state index in [0.717, 1.165) is 37.4 Å². The van der Waals surface area contributed by atoms with Crippen molar-refractivity contribution in [2.75, 3.05) is 13.2 Å². The minimum Gasteiger partial charge on any atom is -0.496 e. The molecule has 0 saturated carbocycles. The smallest absolute Gasteiger partial charge is 0.115 e. The third-order valence-electron chi connectivity index (χ3n) is 2.29. The van der Waals surface area contributed by atoms with Crippen LogP contribution in [0, 0.1) is 0 Å². The van der Waals surface area contributed by atoms with Crippen molar-refractivity contribution in [3.63, 3.8) is 0 Å². The summed E-state index contributed by atoms with van der Waals surface area (Å²) in [7, 11) is 0. The van der Waals surface area contributed by atoms with Gasteiger partial charge in [-0.25, -0.2) is 0 Å². The largest absolute Gasteiger partial charge is 0.496 e. The molecule has 2 rings (SSSR count). The molecule has 1 atom stereocenters. The lowest BCUT2D eigenvalue weighted by Crippen LogP contribution is -2.24. The molecule has 1 aromatic heterocycles. The zero-order valence-electron chi connectivity index (χ0n) is 8.77. The molecule has 2 heterocycles. The summed E-state index contributed by atoms with van der Waals surface area (Å²) in [4.78, 5) is 0. The van der Waals surface area contributed by atoms with Gasteiger partial charge < -0.3 is 10.1 Å². The molecule has 1 unspecified atom stereocenters. The Morgan fingerprint density at radius 2 is 2.60 bits per heavy atom. The van der Waals surface area contributed by atoms with Crippen molar-refractivity contribution in [3.05, 3.63) is 23.7 Å². The molecule has 0 spiro atoms. The highest BCUT2D eigenvalue weighted by Gasteiger charge is 2.22. The molecule has 0 saturated heterocycles. The Bertz CT molecular complexity index is 323. The highest BCUT2D eigenvalue weighted by atomic mass is 32.1. The maximum absolute atomic E-state index is 5.57. The van der Waals surface area contributed by atoms with Crippen molar-refractivity contribution in [2.45, 2.75) is 25.8 Å². The summed E-state index contributed by atoms with van der Waals surface area (Å²) in [5.41, 5.74) is 0.960. The summed E-state index contributed by atoms with van der Waals surface area (Å²) in [6.45, 7) is 3.90. The maximum atomic E-state index is 5.57. The molecular formula is C10H15N3OS. The normalized spacial score (nSPS) is 17.3. The Morgan fingerprint density at radius 1 is 1.67 bits per heavy atom. The fourth-order valence-electron chi connectivity index (χ4n) is 1.58. The lowest BCUT2D eigenvalue weighted by Gasteiger charge is -2.16. The first-order valence-corrected chi connectivity index (χ1v) is 5.98. The number of hydrogen-bond acceptors (Lipinski definition) is 5. The quantitative estimate of drug-likeness (QED) is 0.831. The van der Waals surface area contributed by atoms with Crippen LogP contribution >= 0.6 is 11.7 Å². The molecule has 5 heteroatoms. The lowest BCUT2D eigenvalue weighted by molar-refractivity contribution is 0.214.